The summed E-state index contributed by atoms with van der Waals surface area (Å²) < 4.78 is 5.51. The number of thiocarbonyl (C=S) groups is 1. The van der Waals surface area contributed by atoms with Crippen LogP contribution in [0.5, 0.6) is 5.75 Å². The quantitative estimate of drug-likeness (QED) is 0.394. The molecule has 2 rings (SSSR count). The number of ether oxygens (including phenoxy) is 1. The van der Waals surface area contributed by atoms with Crippen LogP contribution in [0.4, 0.5) is 5.69 Å². The van der Waals surface area contributed by atoms with E-state index in [-0.39, 0.29) is 27.8 Å². The van der Waals surface area contributed by atoms with Crippen LogP contribution in [0.3, 0.4) is 0 Å². The summed E-state index contributed by atoms with van der Waals surface area (Å²) in [5.41, 5.74) is 5.80. The molecule has 0 fully saturated rings. The molecule has 5 N–H and O–H groups in total. The third-order valence-corrected chi connectivity index (χ3v) is 3.31. The van der Waals surface area contributed by atoms with Crippen molar-refractivity contribution in [3.63, 3.8) is 0 Å². The SMILES string of the molecule is CCOc1ccc(NC(=S)NNC(=O)Cc2cc(=O)[nH]c(=S)[nH]2)cc1. The first-order chi connectivity index (χ1) is 12.0. The molecule has 0 radical (unpaired) electrons. The Hall–Kier alpha value is -2.72. The molecule has 0 aliphatic heterocycles. The number of H-pyrrole nitrogens is 2. The number of aromatic nitrogens is 2. The van der Waals surface area contributed by atoms with Gasteiger partial charge in [0.2, 0.25) is 5.91 Å². The summed E-state index contributed by atoms with van der Waals surface area (Å²) in [5.74, 6) is 0.377. The minimum atomic E-state index is -0.382. The van der Waals surface area contributed by atoms with Crippen molar-refractivity contribution >= 4 is 41.1 Å². The van der Waals surface area contributed by atoms with E-state index in [1.807, 2.05) is 19.1 Å². The van der Waals surface area contributed by atoms with Crippen LogP contribution in [0.15, 0.2) is 35.1 Å². The molecule has 1 amide bonds. The molecule has 1 aromatic carbocycles. The Morgan fingerprint density at radius 2 is 1.92 bits per heavy atom. The van der Waals surface area contributed by atoms with Gasteiger partial charge in [-0.05, 0) is 55.6 Å². The highest BCUT2D eigenvalue weighted by Gasteiger charge is 2.05. The Morgan fingerprint density at radius 1 is 1.20 bits per heavy atom. The van der Waals surface area contributed by atoms with Crippen LogP contribution in [0.25, 0.3) is 0 Å². The standard InChI is InChI=1S/C15H17N5O3S2/c1-2-23-11-5-3-9(4-6-11)16-15(25)20-19-13(22)8-10-7-12(21)18-14(24)17-10/h3-7H,2,8H2,1H3,(H,19,22)(H2,16,20,25)(H2,17,18,21,24). The lowest BCUT2D eigenvalue weighted by molar-refractivity contribution is -0.121. The summed E-state index contributed by atoms with van der Waals surface area (Å²) in [6.45, 7) is 2.50. The second-order valence-electron chi connectivity index (χ2n) is 4.87. The fraction of sp³-hybridized carbons (Fsp3) is 0.200. The Labute approximate surface area is 154 Å². The molecular weight excluding hydrogens is 362 g/mol. The fourth-order valence-corrected chi connectivity index (χ4v) is 2.32. The third kappa shape index (κ3) is 6.36. The van der Waals surface area contributed by atoms with Gasteiger partial charge in [-0.25, -0.2) is 0 Å². The van der Waals surface area contributed by atoms with E-state index in [2.05, 4.69) is 26.1 Å². The van der Waals surface area contributed by atoms with Gasteiger partial charge in [-0.3, -0.25) is 25.4 Å². The van der Waals surface area contributed by atoms with Gasteiger partial charge in [0, 0.05) is 17.4 Å². The van der Waals surface area contributed by atoms with E-state index < -0.39 is 0 Å². The fourth-order valence-electron chi connectivity index (χ4n) is 1.92. The summed E-state index contributed by atoms with van der Waals surface area (Å²) >= 11 is 9.94. The lowest BCUT2D eigenvalue weighted by Gasteiger charge is -2.12. The molecule has 1 heterocycles. The van der Waals surface area contributed by atoms with Crippen LogP contribution in [0.1, 0.15) is 12.6 Å². The van der Waals surface area contributed by atoms with Gasteiger partial charge in [0.1, 0.15) is 5.75 Å². The highest BCUT2D eigenvalue weighted by atomic mass is 32.1. The zero-order chi connectivity index (χ0) is 18.2. The van der Waals surface area contributed by atoms with Gasteiger partial charge in [-0.15, -0.1) is 0 Å². The Morgan fingerprint density at radius 3 is 2.56 bits per heavy atom. The number of hydrogen-bond acceptors (Lipinski definition) is 5. The van der Waals surface area contributed by atoms with E-state index in [4.69, 9.17) is 29.2 Å². The molecule has 0 saturated carbocycles. The molecule has 0 aliphatic rings. The number of carbonyl (C=O) groups excluding carboxylic acids is 1. The maximum Gasteiger partial charge on any atom is 0.251 e. The van der Waals surface area contributed by atoms with Crippen LogP contribution in [0, 0.1) is 4.77 Å². The van der Waals surface area contributed by atoms with Crippen molar-refractivity contribution in [2.24, 2.45) is 0 Å². The van der Waals surface area contributed by atoms with Gasteiger partial charge in [-0.1, -0.05) is 0 Å². The van der Waals surface area contributed by atoms with Crippen molar-refractivity contribution in [1.82, 2.24) is 20.8 Å². The molecule has 25 heavy (non-hydrogen) atoms. The highest BCUT2D eigenvalue weighted by molar-refractivity contribution is 7.80. The van der Waals surface area contributed by atoms with Gasteiger partial charge in [0.25, 0.3) is 5.56 Å². The molecule has 0 atom stereocenters. The predicted octanol–water partition coefficient (Wildman–Crippen LogP) is 1.39. The zero-order valence-corrected chi connectivity index (χ0v) is 15.0. The highest BCUT2D eigenvalue weighted by Crippen LogP contribution is 2.15. The first kappa shape index (κ1) is 18.6. The summed E-state index contributed by atoms with van der Waals surface area (Å²) in [6, 6.07) is 8.49. The van der Waals surface area contributed by atoms with Gasteiger partial charge in [-0.2, -0.15) is 0 Å². The van der Waals surface area contributed by atoms with Crippen LogP contribution < -0.4 is 26.5 Å². The number of anilines is 1. The summed E-state index contributed by atoms with van der Waals surface area (Å²) in [6.07, 6.45) is -0.0494. The van der Waals surface area contributed by atoms with E-state index in [0.29, 0.717) is 12.3 Å². The average molecular weight is 379 g/mol. The molecule has 8 nitrogen and oxygen atoms in total. The minimum Gasteiger partial charge on any atom is -0.494 e. The molecule has 0 aliphatic carbocycles. The first-order valence-electron chi connectivity index (χ1n) is 7.37. The summed E-state index contributed by atoms with van der Waals surface area (Å²) in [4.78, 5) is 28.3. The predicted molar refractivity (Wildman–Crippen MR) is 101 cm³/mol. The van der Waals surface area contributed by atoms with Crippen molar-refractivity contribution < 1.29 is 9.53 Å². The number of nitrogens with one attached hydrogen (secondary N) is 5. The van der Waals surface area contributed by atoms with E-state index in [1.54, 1.807) is 12.1 Å². The maximum absolute atomic E-state index is 11.9. The lowest BCUT2D eigenvalue weighted by atomic mass is 10.3. The van der Waals surface area contributed by atoms with Gasteiger partial charge >= 0.3 is 0 Å². The van der Waals surface area contributed by atoms with Crippen LogP contribution in [-0.4, -0.2) is 27.6 Å². The van der Waals surface area contributed by atoms with Crippen LogP contribution in [0.2, 0.25) is 0 Å². The van der Waals surface area contributed by atoms with Crippen molar-refractivity contribution in [3.8, 4) is 5.75 Å². The minimum absolute atomic E-state index is 0.0494. The number of rotatable bonds is 5. The number of benzene rings is 1. The average Bonchev–Trinajstić information content (AvgIpc) is 2.54. The topological polar surface area (TPSA) is 111 Å². The number of aromatic amines is 2. The van der Waals surface area contributed by atoms with Gasteiger partial charge < -0.3 is 15.0 Å². The van der Waals surface area contributed by atoms with Crippen molar-refractivity contribution in [2.45, 2.75) is 13.3 Å². The molecule has 0 saturated heterocycles. The number of hydrogen-bond donors (Lipinski definition) is 5. The zero-order valence-electron chi connectivity index (χ0n) is 13.3. The number of hydrazine groups is 1. The lowest BCUT2D eigenvalue weighted by Crippen LogP contribution is -2.44. The molecule has 1 aromatic heterocycles. The molecule has 2 aromatic rings. The molecular formula is C15H17N5O3S2. The molecule has 0 unspecified atom stereocenters. The largest absolute Gasteiger partial charge is 0.494 e. The van der Waals surface area contributed by atoms with Crippen molar-refractivity contribution in [2.75, 3.05) is 11.9 Å². The normalized spacial score (nSPS) is 9.96. The first-order valence-corrected chi connectivity index (χ1v) is 8.19. The second kappa shape index (κ2) is 8.94. The summed E-state index contributed by atoms with van der Waals surface area (Å²) in [5, 5.41) is 3.14. The molecule has 10 heteroatoms. The van der Waals surface area contributed by atoms with E-state index in [1.165, 1.54) is 6.07 Å². The number of carbonyl (C=O) groups is 1. The van der Waals surface area contributed by atoms with Gasteiger partial charge in [0.05, 0.1) is 13.0 Å². The van der Waals surface area contributed by atoms with Crippen molar-refractivity contribution in [1.29, 1.82) is 0 Å². The Balaban J connectivity index is 1.81. The summed E-state index contributed by atoms with van der Waals surface area (Å²) in [7, 11) is 0. The third-order valence-electron chi connectivity index (χ3n) is 2.91. The van der Waals surface area contributed by atoms with E-state index in [0.717, 1.165) is 11.4 Å². The second-order valence-corrected chi connectivity index (χ2v) is 5.69. The smallest absolute Gasteiger partial charge is 0.251 e. The molecule has 0 bridgehead atoms. The Bertz CT molecular complexity index is 832. The molecule has 132 valence electrons. The van der Waals surface area contributed by atoms with Crippen LogP contribution in [-0.2, 0) is 11.2 Å². The van der Waals surface area contributed by atoms with E-state index >= 15 is 0 Å². The Kier molecular flexibility index (Phi) is 6.66. The van der Waals surface area contributed by atoms with E-state index in [9.17, 15) is 9.59 Å². The van der Waals surface area contributed by atoms with Gasteiger partial charge in [0.15, 0.2) is 9.88 Å². The maximum atomic E-state index is 11.9. The molecule has 0 spiro atoms. The monoisotopic (exact) mass is 379 g/mol. The number of amides is 1. The van der Waals surface area contributed by atoms with Crippen molar-refractivity contribution in [3.05, 3.63) is 51.2 Å². The van der Waals surface area contributed by atoms with Crippen LogP contribution >= 0.6 is 24.4 Å².